The molecule has 0 unspecified atom stereocenters. The summed E-state index contributed by atoms with van der Waals surface area (Å²) in [6.07, 6.45) is 0.196. The van der Waals surface area contributed by atoms with Gasteiger partial charge in [0.2, 0.25) is 5.91 Å². The number of carbonyl (C=O) groups excluding carboxylic acids is 1. The smallest absolute Gasteiger partial charge is 0.224 e. The Morgan fingerprint density at radius 1 is 0.842 bits per heavy atom. The molecule has 0 spiro atoms. The van der Waals surface area contributed by atoms with Gasteiger partial charge in [0.1, 0.15) is 11.6 Å². The number of rotatable bonds is 4. The molecule has 2 aromatic carbocycles. The van der Waals surface area contributed by atoms with Gasteiger partial charge in [-0.05, 0) is 35.4 Å². The van der Waals surface area contributed by atoms with Crippen LogP contribution in [0.25, 0.3) is 0 Å². The highest BCUT2D eigenvalue weighted by Crippen LogP contribution is 2.05. The van der Waals surface area contributed by atoms with E-state index in [2.05, 4.69) is 5.32 Å². The van der Waals surface area contributed by atoms with E-state index >= 15 is 0 Å². The minimum atomic E-state index is -0.324. The lowest BCUT2D eigenvalue weighted by Crippen LogP contribution is -2.24. The van der Waals surface area contributed by atoms with Crippen LogP contribution in [-0.2, 0) is 17.8 Å². The second-order valence-electron chi connectivity index (χ2n) is 4.21. The first-order chi connectivity index (χ1) is 9.13. The van der Waals surface area contributed by atoms with Gasteiger partial charge in [-0.15, -0.1) is 0 Å². The van der Waals surface area contributed by atoms with E-state index in [-0.39, 0.29) is 24.0 Å². The molecule has 98 valence electrons. The van der Waals surface area contributed by atoms with E-state index in [1.54, 1.807) is 24.3 Å². The Kier molecular flexibility index (Phi) is 4.23. The standard InChI is InChI=1S/C15H13F2NO/c16-13-5-1-11(2-6-13)9-15(19)18-10-12-3-7-14(17)8-4-12/h1-8H,9-10H2,(H,18,19). The number of carbonyl (C=O) groups is 1. The third-order valence-corrected chi connectivity index (χ3v) is 2.68. The molecule has 1 N–H and O–H groups in total. The van der Waals surface area contributed by atoms with Crippen LogP contribution in [-0.4, -0.2) is 5.91 Å². The third kappa shape index (κ3) is 4.17. The predicted octanol–water partition coefficient (Wildman–Crippen LogP) is 2.82. The van der Waals surface area contributed by atoms with Crippen LogP contribution in [0.3, 0.4) is 0 Å². The maximum absolute atomic E-state index is 12.7. The lowest BCUT2D eigenvalue weighted by atomic mass is 10.1. The fraction of sp³-hybridized carbons (Fsp3) is 0.133. The number of amides is 1. The van der Waals surface area contributed by atoms with E-state index in [0.29, 0.717) is 6.54 Å². The van der Waals surface area contributed by atoms with Gasteiger partial charge in [0, 0.05) is 6.54 Å². The van der Waals surface area contributed by atoms with Crippen molar-refractivity contribution in [1.29, 1.82) is 0 Å². The highest BCUT2D eigenvalue weighted by atomic mass is 19.1. The van der Waals surface area contributed by atoms with Crippen LogP contribution in [0.5, 0.6) is 0 Å². The highest BCUT2D eigenvalue weighted by Gasteiger charge is 2.03. The molecule has 2 nitrogen and oxygen atoms in total. The van der Waals surface area contributed by atoms with E-state index < -0.39 is 0 Å². The van der Waals surface area contributed by atoms with Gasteiger partial charge in [-0.25, -0.2) is 8.78 Å². The Hall–Kier alpha value is -2.23. The highest BCUT2D eigenvalue weighted by molar-refractivity contribution is 5.78. The van der Waals surface area contributed by atoms with Crippen LogP contribution in [0.2, 0.25) is 0 Å². The van der Waals surface area contributed by atoms with Gasteiger partial charge < -0.3 is 5.32 Å². The van der Waals surface area contributed by atoms with Crippen molar-refractivity contribution in [1.82, 2.24) is 5.32 Å². The summed E-state index contributed by atoms with van der Waals surface area (Å²) in [7, 11) is 0. The molecule has 0 aromatic heterocycles. The van der Waals surface area contributed by atoms with E-state index in [1.807, 2.05) is 0 Å². The second-order valence-corrected chi connectivity index (χ2v) is 4.21. The van der Waals surface area contributed by atoms with Crippen molar-refractivity contribution in [3.05, 3.63) is 71.3 Å². The van der Waals surface area contributed by atoms with E-state index in [1.165, 1.54) is 24.3 Å². The Morgan fingerprint density at radius 3 is 1.84 bits per heavy atom. The van der Waals surface area contributed by atoms with Gasteiger partial charge in [-0.2, -0.15) is 0 Å². The summed E-state index contributed by atoms with van der Waals surface area (Å²) in [6, 6.07) is 11.7. The van der Waals surface area contributed by atoms with Crippen molar-refractivity contribution >= 4 is 5.91 Å². The molecule has 0 atom stereocenters. The summed E-state index contributed by atoms with van der Waals surface area (Å²) >= 11 is 0. The van der Waals surface area contributed by atoms with Crippen molar-refractivity contribution in [2.45, 2.75) is 13.0 Å². The third-order valence-electron chi connectivity index (χ3n) is 2.68. The fourth-order valence-electron chi connectivity index (χ4n) is 1.65. The number of nitrogens with one attached hydrogen (secondary N) is 1. The van der Waals surface area contributed by atoms with Gasteiger partial charge in [-0.1, -0.05) is 24.3 Å². The SMILES string of the molecule is O=C(Cc1ccc(F)cc1)NCc1ccc(F)cc1. The van der Waals surface area contributed by atoms with E-state index in [9.17, 15) is 13.6 Å². The summed E-state index contributed by atoms with van der Waals surface area (Å²) < 4.78 is 25.4. The Morgan fingerprint density at radius 2 is 1.32 bits per heavy atom. The van der Waals surface area contributed by atoms with Gasteiger partial charge in [0.25, 0.3) is 0 Å². The zero-order valence-corrected chi connectivity index (χ0v) is 10.2. The maximum Gasteiger partial charge on any atom is 0.224 e. The van der Waals surface area contributed by atoms with Crippen LogP contribution < -0.4 is 5.32 Å². The maximum atomic E-state index is 12.7. The molecule has 0 bridgehead atoms. The fourth-order valence-corrected chi connectivity index (χ4v) is 1.65. The first kappa shape index (κ1) is 13.2. The second kappa shape index (κ2) is 6.09. The van der Waals surface area contributed by atoms with Crippen molar-refractivity contribution < 1.29 is 13.6 Å². The minimum Gasteiger partial charge on any atom is -0.352 e. The molecule has 0 heterocycles. The first-order valence-corrected chi connectivity index (χ1v) is 5.89. The number of benzene rings is 2. The average molecular weight is 261 g/mol. The minimum absolute atomic E-state index is 0.157. The van der Waals surface area contributed by atoms with Gasteiger partial charge >= 0.3 is 0 Å². The number of halogens is 2. The molecular formula is C15H13F2NO. The Bertz CT molecular complexity index is 549. The molecule has 4 heteroatoms. The molecule has 0 aliphatic carbocycles. The van der Waals surface area contributed by atoms with Gasteiger partial charge in [0.15, 0.2) is 0 Å². The van der Waals surface area contributed by atoms with Gasteiger partial charge in [-0.3, -0.25) is 4.79 Å². The van der Waals surface area contributed by atoms with E-state index in [4.69, 9.17) is 0 Å². The van der Waals surface area contributed by atoms with Crippen LogP contribution in [0.1, 0.15) is 11.1 Å². The Labute approximate surface area is 110 Å². The molecule has 0 saturated carbocycles. The molecule has 0 saturated heterocycles. The number of hydrogen-bond donors (Lipinski definition) is 1. The summed E-state index contributed by atoms with van der Waals surface area (Å²) in [5.74, 6) is -0.784. The lowest BCUT2D eigenvalue weighted by Gasteiger charge is -2.05. The van der Waals surface area contributed by atoms with Crippen molar-refractivity contribution in [3.8, 4) is 0 Å². The van der Waals surface area contributed by atoms with Crippen molar-refractivity contribution in [2.75, 3.05) is 0 Å². The van der Waals surface area contributed by atoms with Crippen LogP contribution in [0, 0.1) is 11.6 Å². The van der Waals surface area contributed by atoms with Crippen molar-refractivity contribution in [3.63, 3.8) is 0 Å². The topological polar surface area (TPSA) is 29.1 Å². The zero-order chi connectivity index (χ0) is 13.7. The Balaban J connectivity index is 1.84. The number of hydrogen-bond acceptors (Lipinski definition) is 1. The molecule has 0 fully saturated rings. The summed E-state index contributed by atoms with van der Waals surface area (Å²) in [4.78, 5) is 11.7. The lowest BCUT2D eigenvalue weighted by molar-refractivity contribution is -0.120. The molecule has 0 aliphatic rings. The van der Waals surface area contributed by atoms with E-state index in [0.717, 1.165) is 11.1 Å². The van der Waals surface area contributed by atoms with Crippen molar-refractivity contribution in [2.24, 2.45) is 0 Å². The molecular weight excluding hydrogens is 248 g/mol. The molecule has 0 aliphatic heterocycles. The summed E-state index contributed by atoms with van der Waals surface area (Å²) in [5.41, 5.74) is 1.58. The summed E-state index contributed by atoms with van der Waals surface area (Å²) in [6.45, 7) is 0.348. The normalized spacial score (nSPS) is 10.2. The largest absolute Gasteiger partial charge is 0.352 e. The zero-order valence-electron chi connectivity index (χ0n) is 10.2. The monoisotopic (exact) mass is 261 g/mol. The van der Waals surface area contributed by atoms with Crippen LogP contribution in [0.4, 0.5) is 8.78 Å². The molecule has 0 radical (unpaired) electrons. The quantitative estimate of drug-likeness (QED) is 0.901. The average Bonchev–Trinajstić information content (AvgIpc) is 2.41. The first-order valence-electron chi connectivity index (χ1n) is 5.89. The molecule has 19 heavy (non-hydrogen) atoms. The molecule has 2 aromatic rings. The predicted molar refractivity (Wildman–Crippen MR) is 68.4 cm³/mol. The van der Waals surface area contributed by atoms with Gasteiger partial charge in [0.05, 0.1) is 6.42 Å². The molecule has 2 rings (SSSR count). The summed E-state index contributed by atoms with van der Waals surface area (Å²) in [5, 5.41) is 2.73. The van der Waals surface area contributed by atoms with Crippen LogP contribution in [0.15, 0.2) is 48.5 Å². The van der Waals surface area contributed by atoms with Crippen LogP contribution >= 0.6 is 0 Å². The molecule has 1 amide bonds.